The first-order valence-corrected chi connectivity index (χ1v) is 6.81. The minimum Gasteiger partial charge on any atom is -0.329 e. The quantitative estimate of drug-likeness (QED) is 0.785. The Morgan fingerprint density at radius 2 is 1.95 bits per heavy atom. The van der Waals surface area contributed by atoms with Gasteiger partial charge in [-0.3, -0.25) is 0 Å². The molecule has 0 N–H and O–H groups in total. The third-order valence-corrected chi connectivity index (χ3v) is 3.49. The van der Waals surface area contributed by atoms with Gasteiger partial charge >= 0.3 is 0 Å². The molecule has 0 fully saturated rings. The molecule has 1 aromatic heterocycles. The summed E-state index contributed by atoms with van der Waals surface area (Å²) in [5.41, 5.74) is 3.36. The lowest BCUT2D eigenvalue weighted by Gasteiger charge is -2.23. The molecule has 2 aromatic rings. The SMILES string of the molecule is CCCc1c(Cl)ncnc1N(C)c1ccccc1C. The molecule has 3 nitrogen and oxygen atoms in total. The molecule has 0 radical (unpaired) electrons. The van der Waals surface area contributed by atoms with Crippen molar-refractivity contribution in [3.63, 3.8) is 0 Å². The molecular formula is C15H18ClN3. The van der Waals surface area contributed by atoms with Crippen molar-refractivity contribution in [2.24, 2.45) is 0 Å². The van der Waals surface area contributed by atoms with Crippen molar-refractivity contribution in [1.82, 2.24) is 9.97 Å². The molecule has 100 valence electrons. The minimum atomic E-state index is 0.548. The zero-order valence-electron chi connectivity index (χ0n) is 11.5. The van der Waals surface area contributed by atoms with Crippen molar-refractivity contribution in [2.45, 2.75) is 26.7 Å². The predicted octanol–water partition coefficient (Wildman–Crippen LogP) is 4.16. The van der Waals surface area contributed by atoms with Crippen LogP contribution in [0, 0.1) is 6.92 Å². The van der Waals surface area contributed by atoms with E-state index in [9.17, 15) is 0 Å². The summed E-state index contributed by atoms with van der Waals surface area (Å²) in [5.74, 6) is 0.885. The maximum Gasteiger partial charge on any atom is 0.140 e. The number of rotatable bonds is 4. The lowest BCUT2D eigenvalue weighted by atomic mass is 10.1. The summed E-state index contributed by atoms with van der Waals surface area (Å²) in [6.07, 6.45) is 3.42. The molecule has 0 saturated carbocycles. The molecule has 19 heavy (non-hydrogen) atoms. The van der Waals surface area contributed by atoms with Gasteiger partial charge in [0.1, 0.15) is 17.3 Å². The second-order valence-corrected chi connectivity index (χ2v) is 4.92. The van der Waals surface area contributed by atoms with E-state index in [4.69, 9.17) is 11.6 Å². The van der Waals surface area contributed by atoms with Crippen LogP contribution >= 0.6 is 11.6 Å². The van der Waals surface area contributed by atoms with Crippen LogP contribution in [-0.4, -0.2) is 17.0 Å². The highest BCUT2D eigenvalue weighted by Crippen LogP contribution is 2.30. The molecule has 4 heteroatoms. The Morgan fingerprint density at radius 3 is 2.63 bits per heavy atom. The van der Waals surface area contributed by atoms with E-state index in [0.717, 1.165) is 29.9 Å². The monoisotopic (exact) mass is 275 g/mol. The van der Waals surface area contributed by atoms with Crippen molar-refractivity contribution in [1.29, 1.82) is 0 Å². The smallest absolute Gasteiger partial charge is 0.140 e. The van der Waals surface area contributed by atoms with Gasteiger partial charge in [0.15, 0.2) is 0 Å². The third-order valence-electron chi connectivity index (χ3n) is 3.16. The van der Waals surface area contributed by atoms with Crippen molar-refractivity contribution in [3.05, 3.63) is 46.9 Å². The van der Waals surface area contributed by atoms with Gasteiger partial charge in [-0.15, -0.1) is 0 Å². The molecule has 0 aliphatic carbocycles. The Labute approximate surface area is 119 Å². The Kier molecular flexibility index (Phi) is 4.38. The van der Waals surface area contributed by atoms with Gasteiger partial charge in [0, 0.05) is 18.3 Å². The summed E-state index contributed by atoms with van der Waals surface area (Å²) in [4.78, 5) is 10.6. The Balaban J connectivity index is 2.47. The fraction of sp³-hybridized carbons (Fsp3) is 0.333. The summed E-state index contributed by atoms with van der Waals surface area (Å²) in [7, 11) is 2.01. The molecule has 0 aliphatic rings. The summed E-state index contributed by atoms with van der Waals surface area (Å²) >= 11 is 6.20. The standard InChI is InChI=1S/C15H18ClN3/c1-4-7-12-14(16)17-10-18-15(12)19(3)13-9-6-5-8-11(13)2/h5-6,8-10H,4,7H2,1-3H3. The molecule has 0 aliphatic heterocycles. The topological polar surface area (TPSA) is 29.0 Å². The number of hydrogen-bond donors (Lipinski definition) is 0. The minimum absolute atomic E-state index is 0.548. The summed E-state index contributed by atoms with van der Waals surface area (Å²) in [5, 5.41) is 0.548. The lowest BCUT2D eigenvalue weighted by Crippen LogP contribution is -2.15. The summed E-state index contributed by atoms with van der Waals surface area (Å²) in [6.45, 7) is 4.22. The fourth-order valence-corrected chi connectivity index (χ4v) is 2.41. The Hall–Kier alpha value is -1.61. The van der Waals surface area contributed by atoms with Gasteiger partial charge in [0.2, 0.25) is 0 Å². The zero-order chi connectivity index (χ0) is 13.8. The number of hydrogen-bond acceptors (Lipinski definition) is 3. The largest absolute Gasteiger partial charge is 0.329 e. The molecule has 1 aromatic carbocycles. The number of para-hydroxylation sites is 1. The summed E-state index contributed by atoms with van der Waals surface area (Å²) in [6, 6.07) is 8.24. The maximum absolute atomic E-state index is 6.20. The molecule has 0 amide bonds. The number of nitrogens with zero attached hydrogens (tertiary/aromatic N) is 3. The van der Waals surface area contributed by atoms with Gasteiger partial charge < -0.3 is 4.90 Å². The van der Waals surface area contributed by atoms with E-state index in [2.05, 4.69) is 40.8 Å². The number of anilines is 2. The molecule has 0 spiro atoms. The van der Waals surface area contributed by atoms with Crippen molar-refractivity contribution in [3.8, 4) is 0 Å². The molecule has 1 heterocycles. The van der Waals surface area contributed by atoms with Crippen LogP contribution in [0.4, 0.5) is 11.5 Å². The van der Waals surface area contributed by atoms with E-state index in [0.29, 0.717) is 5.15 Å². The highest BCUT2D eigenvalue weighted by atomic mass is 35.5. The number of aromatic nitrogens is 2. The third kappa shape index (κ3) is 2.87. The van der Waals surface area contributed by atoms with Gasteiger partial charge in [-0.1, -0.05) is 43.1 Å². The highest BCUT2D eigenvalue weighted by Gasteiger charge is 2.15. The van der Waals surface area contributed by atoms with Crippen LogP contribution in [-0.2, 0) is 6.42 Å². The van der Waals surface area contributed by atoms with Crippen LogP contribution in [0.15, 0.2) is 30.6 Å². The van der Waals surface area contributed by atoms with Crippen LogP contribution in [0.1, 0.15) is 24.5 Å². The normalized spacial score (nSPS) is 10.5. The van der Waals surface area contributed by atoms with E-state index in [1.165, 1.54) is 11.9 Å². The molecule has 0 saturated heterocycles. The maximum atomic E-state index is 6.20. The average molecular weight is 276 g/mol. The van der Waals surface area contributed by atoms with Crippen LogP contribution in [0.2, 0.25) is 5.15 Å². The van der Waals surface area contributed by atoms with Crippen molar-refractivity contribution in [2.75, 3.05) is 11.9 Å². The summed E-state index contributed by atoms with van der Waals surface area (Å²) < 4.78 is 0. The highest BCUT2D eigenvalue weighted by molar-refractivity contribution is 6.30. The van der Waals surface area contributed by atoms with Gasteiger partial charge in [-0.25, -0.2) is 9.97 Å². The molecule has 0 bridgehead atoms. The van der Waals surface area contributed by atoms with E-state index < -0.39 is 0 Å². The molecule has 0 unspecified atom stereocenters. The lowest BCUT2D eigenvalue weighted by molar-refractivity contribution is 0.891. The molecular weight excluding hydrogens is 258 g/mol. The fourth-order valence-electron chi connectivity index (χ4n) is 2.19. The van der Waals surface area contributed by atoms with Gasteiger partial charge in [0.05, 0.1) is 0 Å². The second-order valence-electron chi connectivity index (χ2n) is 4.56. The first-order chi connectivity index (χ1) is 9.15. The van der Waals surface area contributed by atoms with Crippen LogP contribution in [0.5, 0.6) is 0 Å². The van der Waals surface area contributed by atoms with Crippen LogP contribution in [0.3, 0.4) is 0 Å². The van der Waals surface area contributed by atoms with Crippen LogP contribution < -0.4 is 4.90 Å². The van der Waals surface area contributed by atoms with E-state index in [1.807, 2.05) is 19.2 Å². The Morgan fingerprint density at radius 1 is 1.21 bits per heavy atom. The number of aryl methyl sites for hydroxylation is 1. The van der Waals surface area contributed by atoms with E-state index in [-0.39, 0.29) is 0 Å². The first-order valence-electron chi connectivity index (χ1n) is 6.44. The number of halogens is 1. The van der Waals surface area contributed by atoms with Gasteiger partial charge in [-0.2, -0.15) is 0 Å². The Bertz CT molecular complexity index is 569. The van der Waals surface area contributed by atoms with Crippen LogP contribution in [0.25, 0.3) is 0 Å². The molecule has 0 atom stereocenters. The van der Waals surface area contributed by atoms with Crippen molar-refractivity contribution < 1.29 is 0 Å². The van der Waals surface area contributed by atoms with Crippen molar-refractivity contribution >= 4 is 23.1 Å². The van der Waals surface area contributed by atoms with E-state index in [1.54, 1.807) is 0 Å². The zero-order valence-corrected chi connectivity index (χ0v) is 12.3. The molecule has 2 rings (SSSR count). The van der Waals surface area contributed by atoms with E-state index >= 15 is 0 Å². The average Bonchev–Trinajstić information content (AvgIpc) is 2.41. The second kappa shape index (κ2) is 6.02. The van der Waals surface area contributed by atoms with Gasteiger partial charge in [0.25, 0.3) is 0 Å². The first kappa shape index (κ1) is 13.8. The number of benzene rings is 1. The van der Waals surface area contributed by atoms with Gasteiger partial charge in [-0.05, 0) is 25.0 Å². The predicted molar refractivity (Wildman–Crippen MR) is 80.3 cm³/mol.